The molecule has 3 aromatic carbocycles. The van der Waals surface area contributed by atoms with Crippen LogP contribution in [0.4, 0.5) is 4.39 Å². The van der Waals surface area contributed by atoms with E-state index in [9.17, 15) is 23.9 Å². The van der Waals surface area contributed by atoms with Crippen molar-refractivity contribution in [3.63, 3.8) is 0 Å². The van der Waals surface area contributed by atoms with Crippen molar-refractivity contribution in [3.05, 3.63) is 95.3 Å². The standard InChI is InChI=1S/C26H23FN2O4/c1-15(30)28-22(14-16-7-6-8-17(27)13-16)25(31)29-24(26(32)33)23-20-11-4-2-9-18(20)19-10-3-5-12-21(19)23/h2-13,22-24H,14H2,1H3,(H,28,30)(H,29,31)(H,32,33)/t22-,24-/m1/s1. The lowest BCUT2D eigenvalue weighted by Gasteiger charge is -2.26. The van der Waals surface area contributed by atoms with E-state index in [4.69, 9.17) is 0 Å². The Morgan fingerprint density at radius 1 is 0.909 bits per heavy atom. The molecule has 1 aliphatic carbocycles. The Labute approximate surface area is 190 Å². The third kappa shape index (κ3) is 4.62. The van der Waals surface area contributed by atoms with Crippen LogP contribution >= 0.6 is 0 Å². The van der Waals surface area contributed by atoms with Crippen LogP contribution in [0.3, 0.4) is 0 Å². The molecule has 0 aliphatic heterocycles. The van der Waals surface area contributed by atoms with Crippen LogP contribution in [-0.2, 0) is 20.8 Å². The minimum absolute atomic E-state index is 0.0212. The molecule has 0 bridgehead atoms. The summed E-state index contributed by atoms with van der Waals surface area (Å²) in [6.45, 7) is 1.27. The van der Waals surface area contributed by atoms with Gasteiger partial charge in [-0.1, -0.05) is 60.7 Å². The van der Waals surface area contributed by atoms with Crippen molar-refractivity contribution in [1.29, 1.82) is 0 Å². The molecule has 3 N–H and O–H groups in total. The second-order valence-electron chi connectivity index (χ2n) is 8.06. The minimum atomic E-state index is -1.26. The summed E-state index contributed by atoms with van der Waals surface area (Å²) in [5.74, 6) is -3.34. The lowest BCUT2D eigenvalue weighted by Crippen LogP contribution is -2.53. The summed E-state index contributed by atoms with van der Waals surface area (Å²) in [5.41, 5.74) is 3.99. The van der Waals surface area contributed by atoms with Crippen molar-refractivity contribution in [2.45, 2.75) is 31.3 Å². The number of amides is 2. The van der Waals surface area contributed by atoms with Gasteiger partial charge in [-0.15, -0.1) is 0 Å². The Balaban J connectivity index is 1.65. The fraction of sp³-hybridized carbons (Fsp3) is 0.192. The molecule has 0 saturated carbocycles. The number of aliphatic carboxylic acids is 1. The first-order valence-electron chi connectivity index (χ1n) is 10.6. The summed E-state index contributed by atoms with van der Waals surface area (Å²) >= 11 is 0. The number of nitrogens with one attached hydrogen (secondary N) is 2. The van der Waals surface area contributed by atoms with Gasteiger partial charge < -0.3 is 15.7 Å². The smallest absolute Gasteiger partial charge is 0.327 e. The van der Waals surface area contributed by atoms with Crippen LogP contribution in [-0.4, -0.2) is 35.0 Å². The van der Waals surface area contributed by atoms with Gasteiger partial charge in [0, 0.05) is 19.3 Å². The molecule has 2 amide bonds. The van der Waals surface area contributed by atoms with Crippen LogP contribution in [0.2, 0.25) is 0 Å². The van der Waals surface area contributed by atoms with Gasteiger partial charge in [0.05, 0.1) is 0 Å². The molecule has 4 rings (SSSR count). The number of hydrogen-bond acceptors (Lipinski definition) is 3. The van der Waals surface area contributed by atoms with E-state index in [-0.39, 0.29) is 6.42 Å². The molecule has 0 saturated heterocycles. The van der Waals surface area contributed by atoms with E-state index in [0.29, 0.717) is 5.56 Å². The molecular weight excluding hydrogens is 423 g/mol. The van der Waals surface area contributed by atoms with Crippen LogP contribution < -0.4 is 10.6 Å². The summed E-state index contributed by atoms with van der Waals surface area (Å²) in [6.07, 6.45) is 0.0212. The molecule has 3 aromatic rings. The molecule has 0 fully saturated rings. The molecule has 7 heteroatoms. The molecular formula is C26H23FN2O4. The van der Waals surface area contributed by atoms with Gasteiger partial charge in [0.2, 0.25) is 11.8 Å². The Hall–Kier alpha value is -4.00. The highest BCUT2D eigenvalue weighted by atomic mass is 19.1. The summed E-state index contributed by atoms with van der Waals surface area (Å²) in [6, 6.07) is 18.4. The number of hydrogen-bond donors (Lipinski definition) is 3. The summed E-state index contributed by atoms with van der Waals surface area (Å²) in [4.78, 5) is 37.3. The highest BCUT2D eigenvalue weighted by Crippen LogP contribution is 2.46. The van der Waals surface area contributed by atoms with E-state index >= 15 is 0 Å². The molecule has 0 radical (unpaired) electrons. The SMILES string of the molecule is CC(=O)N[C@H](Cc1cccc(F)c1)C(=O)N[C@@H](C(=O)O)C1c2ccccc2-c2ccccc21. The number of carboxylic acid groups (broad SMARTS) is 1. The maximum absolute atomic E-state index is 13.6. The third-order valence-electron chi connectivity index (χ3n) is 5.80. The predicted molar refractivity (Wildman–Crippen MR) is 121 cm³/mol. The molecule has 168 valence electrons. The van der Waals surface area contributed by atoms with Gasteiger partial charge in [-0.2, -0.15) is 0 Å². The first kappa shape index (κ1) is 22.2. The zero-order valence-corrected chi connectivity index (χ0v) is 17.9. The van der Waals surface area contributed by atoms with Gasteiger partial charge in [-0.25, -0.2) is 9.18 Å². The van der Waals surface area contributed by atoms with Crippen LogP contribution in [0.25, 0.3) is 11.1 Å². The zero-order chi connectivity index (χ0) is 23.5. The van der Waals surface area contributed by atoms with Crippen LogP contribution in [0.5, 0.6) is 0 Å². The highest BCUT2D eigenvalue weighted by Gasteiger charge is 2.39. The monoisotopic (exact) mass is 446 g/mol. The normalized spacial score (nSPS) is 14.0. The molecule has 0 spiro atoms. The van der Waals surface area contributed by atoms with Crippen molar-refractivity contribution in [1.82, 2.24) is 10.6 Å². The van der Waals surface area contributed by atoms with Crippen molar-refractivity contribution < 1.29 is 23.9 Å². The van der Waals surface area contributed by atoms with Crippen LogP contribution in [0.1, 0.15) is 29.5 Å². The maximum Gasteiger partial charge on any atom is 0.327 e. The number of carbonyl (C=O) groups excluding carboxylic acids is 2. The Morgan fingerprint density at radius 2 is 1.52 bits per heavy atom. The first-order chi connectivity index (χ1) is 15.8. The number of halogens is 1. The molecule has 6 nitrogen and oxygen atoms in total. The van der Waals surface area contributed by atoms with Crippen molar-refractivity contribution in [2.24, 2.45) is 0 Å². The van der Waals surface area contributed by atoms with E-state index in [2.05, 4.69) is 10.6 Å². The van der Waals surface area contributed by atoms with E-state index in [1.54, 1.807) is 6.07 Å². The topological polar surface area (TPSA) is 95.5 Å². The van der Waals surface area contributed by atoms with Gasteiger partial charge in [-0.05, 0) is 39.9 Å². The fourth-order valence-corrected chi connectivity index (χ4v) is 4.45. The third-order valence-corrected chi connectivity index (χ3v) is 5.80. The van der Waals surface area contributed by atoms with Crippen molar-refractivity contribution >= 4 is 17.8 Å². The quantitative estimate of drug-likeness (QED) is 0.519. The van der Waals surface area contributed by atoms with Crippen molar-refractivity contribution in [3.8, 4) is 11.1 Å². The van der Waals surface area contributed by atoms with Crippen molar-refractivity contribution in [2.75, 3.05) is 0 Å². The molecule has 1 aliphatic rings. The van der Waals surface area contributed by atoms with Gasteiger partial charge in [0.25, 0.3) is 0 Å². The number of carbonyl (C=O) groups is 3. The number of carboxylic acids is 1. The second-order valence-corrected chi connectivity index (χ2v) is 8.06. The number of benzene rings is 3. The Morgan fingerprint density at radius 3 is 2.06 bits per heavy atom. The Kier molecular flexibility index (Phi) is 6.22. The van der Waals surface area contributed by atoms with Crippen LogP contribution in [0.15, 0.2) is 72.8 Å². The predicted octanol–water partition coefficient (Wildman–Crippen LogP) is 3.25. The first-order valence-corrected chi connectivity index (χ1v) is 10.6. The van der Waals surface area contributed by atoms with E-state index in [1.165, 1.54) is 25.1 Å². The number of fused-ring (bicyclic) bond motifs is 3. The van der Waals surface area contributed by atoms with Gasteiger partial charge in [-0.3, -0.25) is 9.59 Å². The van der Waals surface area contributed by atoms with Crippen LogP contribution in [0, 0.1) is 5.82 Å². The lowest BCUT2D eigenvalue weighted by molar-refractivity contribution is -0.142. The Bertz CT molecular complexity index is 1180. The minimum Gasteiger partial charge on any atom is -0.480 e. The molecule has 33 heavy (non-hydrogen) atoms. The molecule has 0 aromatic heterocycles. The summed E-state index contributed by atoms with van der Waals surface area (Å²) in [5, 5.41) is 15.3. The second kappa shape index (κ2) is 9.24. The largest absolute Gasteiger partial charge is 0.480 e. The van der Waals surface area contributed by atoms with Gasteiger partial charge in [0.15, 0.2) is 0 Å². The maximum atomic E-state index is 13.6. The summed E-state index contributed by atoms with van der Waals surface area (Å²) < 4.78 is 13.6. The average molecular weight is 446 g/mol. The molecule has 2 atom stereocenters. The average Bonchev–Trinajstić information content (AvgIpc) is 3.11. The zero-order valence-electron chi connectivity index (χ0n) is 17.9. The lowest BCUT2D eigenvalue weighted by atomic mass is 9.89. The molecule has 0 unspecified atom stereocenters. The van der Waals surface area contributed by atoms with E-state index < -0.39 is 41.6 Å². The fourth-order valence-electron chi connectivity index (χ4n) is 4.45. The summed E-state index contributed by atoms with van der Waals surface area (Å²) in [7, 11) is 0. The number of rotatable bonds is 7. The van der Waals surface area contributed by atoms with E-state index in [0.717, 1.165) is 22.3 Å². The van der Waals surface area contributed by atoms with Gasteiger partial charge in [0.1, 0.15) is 17.9 Å². The van der Waals surface area contributed by atoms with E-state index in [1.807, 2.05) is 48.5 Å². The molecule has 0 heterocycles. The highest BCUT2D eigenvalue weighted by molar-refractivity contribution is 5.92. The van der Waals surface area contributed by atoms with Gasteiger partial charge >= 0.3 is 5.97 Å².